The molecule has 3 N–H and O–H groups in total. The third-order valence-corrected chi connectivity index (χ3v) is 2.47. The number of pyridine rings is 1. The van der Waals surface area contributed by atoms with E-state index in [1.54, 1.807) is 24.5 Å². The summed E-state index contributed by atoms with van der Waals surface area (Å²) in [5, 5.41) is 8.42. The van der Waals surface area contributed by atoms with Gasteiger partial charge in [-0.1, -0.05) is 0 Å². The fourth-order valence-corrected chi connectivity index (χ4v) is 1.49. The number of anilines is 1. The molecule has 1 rings (SSSR count). The quantitative estimate of drug-likeness (QED) is 0.626. The number of hydrogen-bond acceptors (Lipinski definition) is 4. The highest BCUT2D eigenvalue weighted by atomic mass is 35.5. The Kier molecular flexibility index (Phi) is 14.2. The van der Waals surface area contributed by atoms with Crippen LogP contribution in [-0.4, -0.2) is 36.9 Å². The Labute approximate surface area is 137 Å². The van der Waals surface area contributed by atoms with Crippen molar-refractivity contribution < 1.29 is 9.59 Å². The maximum Gasteiger partial charge on any atom is 0.226 e. The van der Waals surface area contributed by atoms with Crippen LogP contribution in [0.25, 0.3) is 0 Å². The zero-order valence-corrected chi connectivity index (χ0v) is 13.6. The molecule has 0 saturated heterocycles. The number of nitrogens with zero attached hydrogens (tertiary/aromatic N) is 1. The molecule has 0 saturated carbocycles. The Morgan fingerprint density at radius 2 is 1.71 bits per heavy atom. The first-order valence-electron chi connectivity index (χ1n) is 6.33. The van der Waals surface area contributed by atoms with E-state index in [4.69, 9.17) is 0 Å². The van der Waals surface area contributed by atoms with Gasteiger partial charge in [-0.25, -0.2) is 0 Å². The summed E-state index contributed by atoms with van der Waals surface area (Å²) in [5.74, 6) is -0.145. The Balaban J connectivity index is 0. The van der Waals surface area contributed by atoms with E-state index < -0.39 is 0 Å². The van der Waals surface area contributed by atoms with Crippen molar-refractivity contribution in [2.75, 3.05) is 25.5 Å². The fourth-order valence-electron chi connectivity index (χ4n) is 1.49. The first-order chi connectivity index (χ1) is 9.22. The van der Waals surface area contributed by atoms with Crippen LogP contribution >= 0.6 is 24.8 Å². The van der Waals surface area contributed by atoms with Gasteiger partial charge in [-0.3, -0.25) is 14.6 Å². The number of rotatable bonds is 8. The summed E-state index contributed by atoms with van der Waals surface area (Å²) in [7, 11) is 1.85. The van der Waals surface area contributed by atoms with Gasteiger partial charge in [0.1, 0.15) is 0 Å². The summed E-state index contributed by atoms with van der Waals surface area (Å²) in [6.07, 6.45) is 4.76. The Hall–Kier alpha value is -1.37. The van der Waals surface area contributed by atoms with Gasteiger partial charge in [-0.05, 0) is 32.1 Å². The molecule has 0 aliphatic heterocycles. The molecule has 0 unspecified atom stereocenters. The average Bonchev–Trinajstić information content (AvgIpc) is 2.40. The van der Waals surface area contributed by atoms with E-state index in [0.717, 1.165) is 13.0 Å². The smallest absolute Gasteiger partial charge is 0.226 e. The zero-order chi connectivity index (χ0) is 13.9. The van der Waals surface area contributed by atoms with Crippen LogP contribution in [-0.2, 0) is 9.59 Å². The second-order valence-corrected chi connectivity index (χ2v) is 4.09. The molecular formula is C13H22Cl2N4O2. The number of nitrogens with one attached hydrogen (secondary N) is 3. The Morgan fingerprint density at radius 3 is 2.33 bits per heavy atom. The highest BCUT2D eigenvalue weighted by Crippen LogP contribution is 2.03. The van der Waals surface area contributed by atoms with Gasteiger partial charge in [0.2, 0.25) is 11.8 Å². The van der Waals surface area contributed by atoms with Crippen LogP contribution in [0, 0.1) is 0 Å². The number of amides is 2. The molecule has 0 radical (unpaired) electrons. The van der Waals surface area contributed by atoms with Crippen LogP contribution in [0.3, 0.4) is 0 Å². The molecule has 0 spiro atoms. The van der Waals surface area contributed by atoms with Gasteiger partial charge >= 0.3 is 0 Å². The van der Waals surface area contributed by atoms with Crippen molar-refractivity contribution in [2.24, 2.45) is 0 Å². The molecule has 21 heavy (non-hydrogen) atoms. The lowest BCUT2D eigenvalue weighted by Gasteiger charge is -2.06. The van der Waals surface area contributed by atoms with Crippen molar-refractivity contribution in [3.63, 3.8) is 0 Å². The van der Waals surface area contributed by atoms with E-state index in [2.05, 4.69) is 20.9 Å². The molecular weight excluding hydrogens is 315 g/mol. The maximum absolute atomic E-state index is 11.6. The van der Waals surface area contributed by atoms with Crippen LogP contribution in [0.15, 0.2) is 24.5 Å². The molecule has 0 atom stereocenters. The van der Waals surface area contributed by atoms with Crippen LogP contribution < -0.4 is 16.0 Å². The molecule has 0 aliphatic rings. The molecule has 2 amide bonds. The highest BCUT2D eigenvalue weighted by molar-refractivity contribution is 5.91. The summed E-state index contributed by atoms with van der Waals surface area (Å²) >= 11 is 0. The predicted molar refractivity (Wildman–Crippen MR) is 88.2 cm³/mol. The van der Waals surface area contributed by atoms with E-state index >= 15 is 0 Å². The predicted octanol–water partition coefficient (Wildman–Crippen LogP) is 1.37. The highest BCUT2D eigenvalue weighted by Gasteiger charge is 2.04. The monoisotopic (exact) mass is 336 g/mol. The standard InChI is InChI=1S/C13H20N4O2.2ClH/c1-14-7-2-3-12(18)16-10-6-13(19)17-11-4-8-15-9-5-11;;/h4-5,8-9,14H,2-3,6-7,10H2,1H3,(H,16,18)(H,15,17,19);2*1H. The number of aromatic nitrogens is 1. The van der Waals surface area contributed by atoms with Gasteiger partial charge in [0.15, 0.2) is 0 Å². The van der Waals surface area contributed by atoms with Crippen molar-refractivity contribution in [2.45, 2.75) is 19.3 Å². The molecule has 1 aromatic heterocycles. The summed E-state index contributed by atoms with van der Waals surface area (Å²) in [6, 6.07) is 3.43. The molecule has 0 aliphatic carbocycles. The van der Waals surface area contributed by atoms with Crippen molar-refractivity contribution in [3.05, 3.63) is 24.5 Å². The lowest BCUT2D eigenvalue weighted by atomic mass is 10.3. The second kappa shape index (κ2) is 13.6. The van der Waals surface area contributed by atoms with Gasteiger partial charge in [-0.2, -0.15) is 0 Å². The van der Waals surface area contributed by atoms with Crippen LogP contribution in [0.5, 0.6) is 0 Å². The molecule has 0 fully saturated rings. The summed E-state index contributed by atoms with van der Waals surface area (Å²) in [5.41, 5.74) is 0.709. The van der Waals surface area contributed by atoms with Gasteiger partial charge in [0, 0.05) is 37.5 Å². The Bertz CT molecular complexity index is 404. The van der Waals surface area contributed by atoms with Gasteiger partial charge in [0.05, 0.1) is 0 Å². The topological polar surface area (TPSA) is 83.1 Å². The maximum atomic E-state index is 11.6. The van der Waals surface area contributed by atoms with Gasteiger partial charge in [-0.15, -0.1) is 24.8 Å². The molecule has 6 nitrogen and oxygen atoms in total. The molecule has 1 aromatic rings. The number of carbonyl (C=O) groups is 2. The minimum absolute atomic E-state index is 0. The Morgan fingerprint density at radius 1 is 1.05 bits per heavy atom. The van der Waals surface area contributed by atoms with E-state index in [1.807, 2.05) is 7.05 Å². The first kappa shape index (κ1) is 21.9. The van der Waals surface area contributed by atoms with Gasteiger partial charge in [0.25, 0.3) is 0 Å². The van der Waals surface area contributed by atoms with E-state index in [-0.39, 0.29) is 43.0 Å². The minimum atomic E-state index is -0.123. The lowest BCUT2D eigenvalue weighted by molar-refractivity contribution is -0.121. The van der Waals surface area contributed by atoms with Crippen molar-refractivity contribution in [1.82, 2.24) is 15.6 Å². The molecule has 8 heteroatoms. The average molecular weight is 337 g/mol. The fraction of sp³-hybridized carbons (Fsp3) is 0.462. The number of carbonyl (C=O) groups excluding carboxylic acids is 2. The zero-order valence-electron chi connectivity index (χ0n) is 11.9. The molecule has 1 heterocycles. The third-order valence-electron chi connectivity index (χ3n) is 2.47. The van der Waals surface area contributed by atoms with Crippen molar-refractivity contribution in [3.8, 4) is 0 Å². The van der Waals surface area contributed by atoms with Crippen LogP contribution in [0.2, 0.25) is 0 Å². The molecule has 0 aromatic carbocycles. The SMILES string of the molecule is CNCCCC(=O)NCCC(=O)Nc1ccncc1.Cl.Cl. The summed E-state index contributed by atoms with van der Waals surface area (Å²) in [4.78, 5) is 26.8. The van der Waals surface area contributed by atoms with Crippen LogP contribution in [0.1, 0.15) is 19.3 Å². The molecule has 120 valence electrons. The van der Waals surface area contributed by atoms with Crippen molar-refractivity contribution in [1.29, 1.82) is 0 Å². The number of halogens is 2. The first-order valence-corrected chi connectivity index (χ1v) is 6.33. The normalized spacial score (nSPS) is 9.00. The number of hydrogen-bond donors (Lipinski definition) is 3. The second-order valence-electron chi connectivity index (χ2n) is 4.09. The van der Waals surface area contributed by atoms with Gasteiger partial charge < -0.3 is 16.0 Å². The van der Waals surface area contributed by atoms with Crippen molar-refractivity contribution >= 4 is 42.3 Å². The largest absolute Gasteiger partial charge is 0.356 e. The van der Waals surface area contributed by atoms with Crippen LogP contribution in [0.4, 0.5) is 5.69 Å². The van der Waals surface area contributed by atoms with E-state index in [0.29, 0.717) is 18.7 Å². The summed E-state index contributed by atoms with van der Waals surface area (Å²) < 4.78 is 0. The van der Waals surface area contributed by atoms with E-state index in [1.165, 1.54) is 0 Å². The third kappa shape index (κ3) is 11.0. The van der Waals surface area contributed by atoms with E-state index in [9.17, 15) is 9.59 Å². The molecule has 0 bridgehead atoms. The summed E-state index contributed by atoms with van der Waals surface area (Å²) in [6.45, 7) is 1.17. The minimum Gasteiger partial charge on any atom is -0.356 e. The lowest BCUT2D eigenvalue weighted by Crippen LogP contribution is -2.28.